The Morgan fingerprint density at radius 2 is 1.92 bits per heavy atom. The van der Waals surface area contributed by atoms with Gasteiger partial charge in [0, 0.05) is 23.2 Å². The van der Waals surface area contributed by atoms with E-state index in [9.17, 15) is 13.6 Å². The van der Waals surface area contributed by atoms with Crippen molar-refractivity contribution in [2.24, 2.45) is 0 Å². The number of ether oxygens (including phenoxy) is 1. The van der Waals surface area contributed by atoms with E-state index in [1.807, 2.05) is 0 Å². The van der Waals surface area contributed by atoms with Crippen LogP contribution in [0.3, 0.4) is 0 Å². The molecular formula is C18H12ClF2NO2. The Balaban J connectivity index is 2.39. The molecule has 1 aromatic heterocycles. The third kappa shape index (κ3) is 2.71. The molecule has 0 spiro atoms. The van der Waals surface area contributed by atoms with Gasteiger partial charge < -0.3 is 4.74 Å². The van der Waals surface area contributed by atoms with E-state index in [-0.39, 0.29) is 10.6 Å². The summed E-state index contributed by atoms with van der Waals surface area (Å²) in [5, 5.41) is 0.483. The monoisotopic (exact) mass is 347 g/mol. The lowest BCUT2D eigenvalue weighted by Gasteiger charge is -2.13. The number of carbonyl (C=O) groups is 1. The number of hydrogen-bond acceptors (Lipinski definition) is 3. The van der Waals surface area contributed by atoms with Crippen LogP contribution in [0, 0.1) is 18.6 Å². The summed E-state index contributed by atoms with van der Waals surface area (Å²) in [4.78, 5) is 16.1. The zero-order valence-electron chi connectivity index (χ0n) is 12.9. The SMILES string of the molecule is COC(=O)c1ccc2ncc(C)c(-c3c(F)cc(F)cc3Cl)c2c1. The van der Waals surface area contributed by atoms with Crippen LogP contribution in [0.4, 0.5) is 8.78 Å². The van der Waals surface area contributed by atoms with Crippen LogP contribution < -0.4 is 0 Å². The molecule has 0 saturated heterocycles. The minimum absolute atomic E-state index is 0.0495. The second-order valence-corrected chi connectivity index (χ2v) is 5.69. The molecule has 3 aromatic rings. The Morgan fingerprint density at radius 1 is 1.17 bits per heavy atom. The van der Waals surface area contributed by atoms with Crippen LogP contribution >= 0.6 is 11.6 Å². The van der Waals surface area contributed by atoms with Crippen molar-refractivity contribution in [1.82, 2.24) is 4.98 Å². The number of esters is 1. The Kier molecular flexibility index (Phi) is 4.20. The molecule has 1 heterocycles. The first-order chi connectivity index (χ1) is 11.4. The van der Waals surface area contributed by atoms with Gasteiger partial charge in [-0.3, -0.25) is 4.98 Å². The number of aromatic nitrogens is 1. The van der Waals surface area contributed by atoms with Gasteiger partial charge in [0.15, 0.2) is 0 Å². The van der Waals surface area contributed by atoms with Crippen molar-refractivity contribution in [3.63, 3.8) is 0 Å². The van der Waals surface area contributed by atoms with Crippen LogP contribution in [-0.4, -0.2) is 18.1 Å². The van der Waals surface area contributed by atoms with Gasteiger partial charge >= 0.3 is 5.97 Å². The van der Waals surface area contributed by atoms with Gasteiger partial charge in [-0.2, -0.15) is 0 Å². The lowest BCUT2D eigenvalue weighted by Crippen LogP contribution is -2.02. The number of benzene rings is 2. The standard InChI is InChI=1S/C18H12ClF2NO2/c1-9-8-22-15-4-3-10(18(23)24-2)5-12(15)16(9)17-13(19)6-11(20)7-14(17)21/h3-8H,1-2H3. The van der Waals surface area contributed by atoms with E-state index < -0.39 is 17.6 Å². The molecule has 0 aliphatic carbocycles. The van der Waals surface area contributed by atoms with Crippen molar-refractivity contribution in [3.8, 4) is 11.1 Å². The molecule has 0 aliphatic heterocycles. The Morgan fingerprint density at radius 3 is 2.58 bits per heavy atom. The maximum atomic E-state index is 14.4. The average molecular weight is 348 g/mol. The fraction of sp³-hybridized carbons (Fsp3) is 0.111. The normalized spacial score (nSPS) is 10.9. The molecule has 0 fully saturated rings. The van der Waals surface area contributed by atoms with Crippen molar-refractivity contribution >= 4 is 28.5 Å². The van der Waals surface area contributed by atoms with Gasteiger partial charge in [-0.1, -0.05) is 11.6 Å². The zero-order valence-corrected chi connectivity index (χ0v) is 13.6. The summed E-state index contributed by atoms with van der Waals surface area (Å²) in [6.07, 6.45) is 1.58. The molecule has 24 heavy (non-hydrogen) atoms. The summed E-state index contributed by atoms with van der Waals surface area (Å²) < 4.78 is 32.5. The smallest absolute Gasteiger partial charge is 0.337 e. The highest BCUT2D eigenvalue weighted by molar-refractivity contribution is 6.33. The number of halogens is 3. The molecule has 0 bridgehead atoms. The Bertz CT molecular complexity index is 950. The Labute approximate surface area is 141 Å². The van der Waals surface area contributed by atoms with Crippen LogP contribution in [0.15, 0.2) is 36.5 Å². The first-order valence-electron chi connectivity index (χ1n) is 7.05. The van der Waals surface area contributed by atoms with Gasteiger partial charge in [-0.05, 0) is 42.3 Å². The van der Waals surface area contributed by atoms with Crippen LogP contribution in [0.2, 0.25) is 5.02 Å². The molecule has 0 N–H and O–H groups in total. The fourth-order valence-electron chi connectivity index (χ4n) is 2.65. The molecule has 0 unspecified atom stereocenters. The van der Waals surface area contributed by atoms with Crippen molar-refractivity contribution in [2.75, 3.05) is 7.11 Å². The molecule has 0 aliphatic rings. The number of pyridine rings is 1. The van der Waals surface area contributed by atoms with E-state index in [0.29, 0.717) is 27.6 Å². The molecule has 2 aromatic carbocycles. The van der Waals surface area contributed by atoms with E-state index in [4.69, 9.17) is 16.3 Å². The summed E-state index contributed by atoms with van der Waals surface area (Å²) in [6, 6.07) is 6.60. The number of fused-ring (bicyclic) bond motifs is 1. The third-order valence-electron chi connectivity index (χ3n) is 3.74. The highest BCUT2D eigenvalue weighted by atomic mass is 35.5. The van der Waals surface area contributed by atoms with E-state index in [2.05, 4.69) is 4.98 Å². The van der Waals surface area contributed by atoms with Gasteiger partial charge in [0.1, 0.15) is 11.6 Å². The number of rotatable bonds is 2. The zero-order chi connectivity index (χ0) is 17.4. The van der Waals surface area contributed by atoms with E-state index in [1.165, 1.54) is 7.11 Å². The quantitative estimate of drug-likeness (QED) is 0.617. The second-order valence-electron chi connectivity index (χ2n) is 5.28. The number of hydrogen-bond donors (Lipinski definition) is 0. The predicted molar refractivity (Wildman–Crippen MR) is 88.2 cm³/mol. The maximum absolute atomic E-state index is 14.4. The number of carbonyl (C=O) groups excluding carboxylic acids is 1. The van der Waals surface area contributed by atoms with Crippen LogP contribution in [0.5, 0.6) is 0 Å². The molecule has 3 rings (SSSR count). The highest BCUT2D eigenvalue weighted by Gasteiger charge is 2.18. The molecule has 0 atom stereocenters. The summed E-state index contributed by atoms with van der Waals surface area (Å²) in [5.74, 6) is -2.05. The van der Waals surface area contributed by atoms with Gasteiger partial charge in [-0.25, -0.2) is 13.6 Å². The summed E-state index contributed by atoms with van der Waals surface area (Å²) in [6.45, 7) is 1.74. The van der Waals surface area contributed by atoms with Crippen molar-refractivity contribution < 1.29 is 18.3 Å². The minimum atomic E-state index is -0.779. The first-order valence-corrected chi connectivity index (χ1v) is 7.42. The summed E-state index contributed by atoms with van der Waals surface area (Å²) >= 11 is 6.08. The van der Waals surface area contributed by atoms with Crippen LogP contribution in [-0.2, 0) is 4.74 Å². The van der Waals surface area contributed by atoms with Crippen LogP contribution in [0.1, 0.15) is 15.9 Å². The van der Waals surface area contributed by atoms with Gasteiger partial charge in [-0.15, -0.1) is 0 Å². The molecule has 0 amide bonds. The van der Waals surface area contributed by atoms with E-state index >= 15 is 0 Å². The lowest BCUT2D eigenvalue weighted by molar-refractivity contribution is 0.0601. The highest BCUT2D eigenvalue weighted by Crippen LogP contribution is 2.38. The molecular weight excluding hydrogens is 336 g/mol. The van der Waals surface area contributed by atoms with E-state index in [1.54, 1.807) is 31.3 Å². The molecule has 3 nitrogen and oxygen atoms in total. The van der Waals surface area contributed by atoms with Crippen molar-refractivity contribution in [1.29, 1.82) is 0 Å². The molecule has 6 heteroatoms. The van der Waals surface area contributed by atoms with Gasteiger partial charge in [0.25, 0.3) is 0 Å². The van der Waals surface area contributed by atoms with Gasteiger partial charge in [0.05, 0.1) is 23.2 Å². The molecule has 0 radical (unpaired) electrons. The molecule has 0 saturated carbocycles. The van der Waals surface area contributed by atoms with E-state index in [0.717, 1.165) is 12.1 Å². The number of aryl methyl sites for hydroxylation is 1. The van der Waals surface area contributed by atoms with Gasteiger partial charge in [0.2, 0.25) is 0 Å². The number of nitrogens with zero attached hydrogens (tertiary/aromatic N) is 1. The summed E-state index contributed by atoms with van der Waals surface area (Å²) in [5.41, 5.74) is 2.05. The van der Waals surface area contributed by atoms with Crippen molar-refractivity contribution in [2.45, 2.75) is 6.92 Å². The summed E-state index contributed by atoms with van der Waals surface area (Å²) in [7, 11) is 1.28. The van der Waals surface area contributed by atoms with Crippen molar-refractivity contribution in [3.05, 3.63) is 64.3 Å². The third-order valence-corrected chi connectivity index (χ3v) is 4.03. The minimum Gasteiger partial charge on any atom is -0.465 e. The largest absolute Gasteiger partial charge is 0.465 e. The fourth-order valence-corrected chi connectivity index (χ4v) is 2.94. The first kappa shape index (κ1) is 16.3. The maximum Gasteiger partial charge on any atom is 0.337 e. The topological polar surface area (TPSA) is 39.2 Å². The predicted octanol–water partition coefficient (Wildman–Crippen LogP) is 4.93. The Hall–Kier alpha value is -2.53. The number of methoxy groups -OCH3 is 1. The lowest BCUT2D eigenvalue weighted by atomic mass is 9.95. The van der Waals surface area contributed by atoms with Crippen LogP contribution in [0.25, 0.3) is 22.0 Å². The average Bonchev–Trinajstić information content (AvgIpc) is 2.54. The second kappa shape index (κ2) is 6.17. The molecule has 122 valence electrons.